The number of amides is 1. The van der Waals surface area contributed by atoms with Crippen molar-refractivity contribution in [1.29, 1.82) is 0 Å². The topological polar surface area (TPSA) is 41.6 Å². The van der Waals surface area contributed by atoms with Gasteiger partial charge in [0.2, 0.25) is 5.91 Å². The maximum absolute atomic E-state index is 12.9. The van der Waals surface area contributed by atoms with Crippen LogP contribution in [0.4, 0.5) is 13.2 Å². The number of morpholine rings is 1. The monoisotopic (exact) mass is 344 g/mol. The molecule has 0 saturated carbocycles. The van der Waals surface area contributed by atoms with Crippen LogP contribution in [0.1, 0.15) is 37.4 Å². The van der Waals surface area contributed by atoms with Crippen LogP contribution in [-0.2, 0) is 15.7 Å². The van der Waals surface area contributed by atoms with Gasteiger partial charge < -0.3 is 15.0 Å². The molecular weight excluding hydrogens is 321 g/mol. The lowest BCUT2D eigenvalue weighted by molar-refractivity contribution is -0.137. The zero-order valence-corrected chi connectivity index (χ0v) is 13.9. The third kappa shape index (κ3) is 4.70. The first-order valence-corrected chi connectivity index (χ1v) is 8.10. The van der Waals surface area contributed by atoms with E-state index in [0.29, 0.717) is 31.9 Å². The highest BCUT2D eigenvalue weighted by molar-refractivity contribution is 5.77. The Morgan fingerprint density at radius 1 is 1.46 bits per heavy atom. The van der Waals surface area contributed by atoms with Crippen molar-refractivity contribution in [3.8, 4) is 0 Å². The summed E-state index contributed by atoms with van der Waals surface area (Å²) in [5.41, 5.74) is -0.217. The molecule has 1 aliphatic rings. The van der Waals surface area contributed by atoms with Gasteiger partial charge in [0, 0.05) is 25.6 Å². The van der Waals surface area contributed by atoms with Crippen molar-refractivity contribution >= 4 is 5.91 Å². The zero-order chi connectivity index (χ0) is 17.7. The lowest BCUT2D eigenvalue weighted by Crippen LogP contribution is -2.45. The number of benzene rings is 1. The van der Waals surface area contributed by atoms with E-state index in [1.807, 2.05) is 6.92 Å². The molecule has 7 heteroatoms. The van der Waals surface area contributed by atoms with Crippen LogP contribution in [0.5, 0.6) is 0 Å². The van der Waals surface area contributed by atoms with E-state index in [2.05, 4.69) is 5.32 Å². The van der Waals surface area contributed by atoms with Crippen LogP contribution in [0.2, 0.25) is 0 Å². The Morgan fingerprint density at radius 3 is 2.79 bits per heavy atom. The minimum absolute atomic E-state index is 0.0472. The number of nitrogens with one attached hydrogen (secondary N) is 1. The molecule has 1 heterocycles. The second-order valence-corrected chi connectivity index (χ2v) is 5.91. The van der Waals surface area contributed by atoms with Crippen LogP contribution in [-0.4, -0.2) is 43.2 Å². The quantitative estimate of drug-likeness (QED) is 0.893. The summed E-state index contributed by atoms with van der Waals surface area (Å²) < 4.78 is 44.0. The summed E-state index contributed by atoms with van der Waals surface area (Å²) in [5.74, 6) is -0.0922. The summed E-state index contributed by atoms with van der Waals surface area (Å²) in [7, 11) is 0. The van der Waals surface area contributed by atoms with Gasteiger partial charge in [0.25, 0.3) is 0 Å². The molecule has 1 fully saturated rings. The third-order valence-corrected chi connectivity index (χ3v) is 4.24. The predicted octanol–water partition coefficient (Wildman–Crippen LogP) is 2.99. The van der Waals surface area contributed by atoms with Crippen molar-refractivity contribution in [3.05, 3.63) is 35.4 Å². The molecule has 0 aliphatic carbocycles. The Hall–Kier alpha value is -1.60. The van der Waals surface area contributed by atoms with Crippen molar-refractivity contribution in [2.45, 2.75) is 38.5 Å². The van der Waals surface area contributed by atoms with Gasteiger partial charge in [-0.25, -0.2) is 0 Å². The molecule has 0 bridgehead atoms. The molecule has 1 aliphatic heterocycles. The number of hydrogen-bond acceptors (Lipinski definition) is 3. The number of hydrogen-bond donors (Lipinski definition) is 1. The molecule has 1 aromatic rings. The first-order valence-electron chi connectivity index (χ1n) is 8.10. The van der Waals surface area contributed by atoms with E-state index in [9.17, 15) is 18.0 Å². The number of nitrogens with zero attached hydrogens (tertiary/aromatic N) is 1. The van der Waals surface area contributed by atoms with Gasteiger partial charge in [0.1, 0.15) is 0 Å². The molecule has 1 saturated heterocycles. The standard InChI is InChI=1S/C17H23F3N2O2/c1-3-22(16(23)10-15-11-24-8-7-21-15)12(2)13-5-4-6-14(9-13)17(18,19)20/h4-6,9,12,15,21H,3,7-8,10-11H2,1-2H3. The highest BCUT2D eigenvalue weighted by Crippen LogP contribution is 2.32. The first kappa shape index (κ1) is 18.7. The average Bonchev–Trinajstić information content (AvgIpc) is 2.55. The van der Waals surface area contributed by atoms with Crippen LogP contribution in [0.3, 0.4) is 0 Å². The molecule has 1 aromatic carbocycles. The molecule has 0 spiro atoms. The smallest absolute Gasteiger partial charge is 0.378 e. The van der Waals surface area contributed by atoms with Gasteiger partial charge in [-0.2, -0.15) is 13.2 Å². The van der Waals surface area contributed by atoms with Crippen LogP contribution < -0.4 is 5.32 Å². The van der Waals surface area contributed by atoms with Gasteiger partial charge >= 0.3 is 6.18 Å². The fraction of sp³-hybridized carbons (Fsp3) is 0.588. The highest BCUT2D eigenvalue weighted by atomic mass is 19.4. The van der Waals surface area contributed by atoms with Gasteiger partial charge in [-0.15, -0.1) is 0 Å². The zero-order valence-electron chi connectivity index (χ0n) is 13.9. The molecule has 2 atom stereocenters. The van der Waals surface area contributed by atoms with Crippen LogP contribution in [0, 0.1) is 0 Å². The Morgan fingerprint density at radius 2 is 2.21 bits per heavy atom. The maximum atomic E-state index is 12.9. The van der Waals surface area contributed by atoms with E-state index in [4.69, 9.17) is 4.74 Å². The fourth-order valence-electron chi connectivity index (χ4n) is 2.90. The molecule has 4 nitrogen and oxygen atoms in total. The van der Waals surface area contributed by atoms with E-state index in [1.165, 1.54) is 6.07 Å². The summed E-state index contributed by atoms with van der Waals surface area (Å²) in [6, 6.07) is 4.69. The van der Waals surface area contributed by atoms with Gasteiger partial charge in [0.15, 0.2) is 0 Å². The number of halogens is 3. The summed E-state index contributed by atoms with van der Waals surface area (Å²) >= 11 is 0. The maximum Gasteiger partial charge on any atom is 0.416 e. The van der Waals surface area contributed by atoms with E-state index in [-0.39, 0.29) is 18.4 Å². The highest BCUT2D eigenvalue weighted by Gasteiger charge is 2.31. The number of alkyl halides is 3. The third-order valence-electron chi connectivity index (χ3n) is 4.24. The predicted molar refractivity (Wildman–Crippen MR) is 84.5 cm³/mol. The van der Waals surface area contributed by atoms with Crippen LogP contribution in [0.15, 0.2) is 24.3 Å². The summed E-state index contributed by atoms with van der Waals surface area (Å²) in [6.45, 7) is 5.82. The number of carbonyl (C=O) groups is 1. The second-order valence-electron chi connectivity index (χ2n) is 5.91. The molecule has 134 valence electrons. The Kier molecular flexibility index (Phi) is 6.23. The lowest BCUT2D eigenvalue weighted by Gasteiger charge is -2.31. The molecular formula is C17H23F3N2O2. The normalized spacial score (nSPS) is 19.8. The summed E-state index contributed by atoms with van der Waals surface area (Å²) in [5, 5.41) is 3.22. The molecule has 1 amide bonds. The summed E-state index contributed by atoms with van der Waals surface area (Å²) in [4.78, 5) is 14.2. The van der Waals surface area contributed by atoms with E-state index in [1.54, 1.807) is 17.9 Å². The largest absolute Gasteiger partial charge is 0.416 e. The van der Waals surface area contributed by atoms with Gasteiger partial charge in [0.05, 0.1) is 24.8 Å². The molecule has 0 radical (unpaired) electrons. The van der Waals surface area contributed by atoms with Crippen LogP contribution >= 0.6 is 0 Å². The second kappa shape index (κ2) is 7.98. The average molecular weight is 344 g/mol. The van der Waals surface area contributed by atoms with Gasteiger partial charge in [-0.05, 0) is 31.5 Å². The summed E-state index contributed by atoms with van der Waals surface area (Å²) in [6.07, 6.45) is -4.11. The molecule has 0 aromatic heterocycles. The lowest BCUT2D eigenvalue weighted by atomic mass is 10.0. The van der Waals surface area contributed by atoms with Crippen molar-refractivity contribution in [3.63, 3.8) is 0 Å². The SMILES string of the molecule is CCN(C(=O)CC1COCCN1)C(C)c1cccc(C(F)(F)F)c1. The Labute approximate surface area is 140 Å². The molecule has 1 N–H and O–H groups in total. The van der Waals surface area contributed by atoms with E-state index >= 15 is 0 Å². The van der Waals surface area contributed by atoms with E-state index < -0.39 is 17.8 Å². The van der Waals surface area contributed by atoms with Crippen molar-refractivity contribution < 1.29 is 22.7 Å². The minimum Gasteiger partial charge on any atom is -0.378 e. The van der Waals surface area contributed by atoms with Crippen molar-refractivity contribution in [1.82, 2.24) is 10.2 Å². The minimum atomic E-state index is -4.39. The van der Waals surface area contributed by atoms with E-state index in [0.717, 1.165) is 12.1 Å². The molecule has 2 rings (SSSR count). The van der Waals surface area contributed by atoms with Gasteiger partial charge in [-0.1, -0.05) is 12.1 Å². The van der Waals surface area contributed by atoms with Crippen molar-refractivity contribution in [2.24, 2.45) is 0 Å². The fourth-order valence-corrected chi connectivity index (χ4v) is 2.90. The number of carbonyl (C=O) groups excluding carboxylic acids is 1. The number of rotatable bonds is 5. The van der Waals surface area contributed by atoms with Gasteiger partial charge in [-0.3, -0.25) is 4.79 Å². The molecule has 24 heavy (non-hydrogen) atoms. The Bertz CT molecular complexity index is 557. The Balaban J connectivity index is 2.10. The number of ether oxygens (including phenoxy) is 1. The molecule has 2 unspecified atom stereocenters. The van der Waals surface area contributed by atoms with Crippen LogP contribution in [0.25, 0.3) is 0 Å². The first-order chi connectivity index (χ1) is 11.3. The van der Waals surface area contributed by atoms with Crippen molar-refractivity contribution in [2.75, 3.05) is 26.3 Å².